The Hall–Kier alpha value is -3.15. The lowest BCUT2D eigenvalue weighted by Crippen LogP contribution is -2.39. The van der Waals surface area contributed by atoms with Crippen molar-refractivity contribution in [3.63, 3.8) is 0 Å². The van der Waals surface area contributed by atoms with Crippen molar-refractivity contribution in [3.05, 3.63) is 77.8 Å². The third-order valence-corrected chi connectivity index (χ3v) is 5.03. The largest absolute Gasteiger partial charge is 0.497 e. The molecule has 6 nitrogen and oxygen atoms in total. The number of methoxy groups -OCH3 is 1. The van der Waals surface area contributed by atoms with E-state index < -0.39 is 0 Å². The first kappa shape index (κ1) is 18.2. The van der Waals surface area contributed by atoms with Crippen LogP contribution in [0.25, 0.3) is 0 Å². The molecule has 1 fully saturated rings. The van der Waals surface area contributed by atoms with Gasteiger partial charge < -0.3 is 14.1 Å². The van der Waals surface area contributed by atoms with Gasteiger partial charge in [0, 0.05) is 25.7 Å². The zero-order chi connectivity index (χ0) is 19.3. The van der Waals surface area contributed by atoms with Gasteiger partial charge in [-0.3, -0.25) is 9.78 Å². The summed E-state index contributed by atoms with van der Waals surface area (Å²) in [6, 6.07) is 13.3. The highest BCUT2D eigenvalue weighted by atomic mass is 16.5. The number of nitrogens with zero attached hydrogens (tertiary/aromatic N) is 3. The molecule has 0 bridgehead atoms. The Morgan fingerprint density at radius 3 is 3.00 bits per heavy atom. The predicted octanol–water partition coefficient (Wildman–Crippen LogP) is 3.69. The average molecular weight is 377 g/mol. The third kappa shape index (κ3) is 4.06. The molecule has 1 amide bonds. The van der Waals surface area contributed by atoms with E-state index in [9.17, 15) is 4.79 Å². The van der Waals surface area contributed by atoms with Gasteiger partial charge in [-0.15, -0.1) is 0 Å². The summed E-state index contributed by atoms with van der Waals surface area (Å²) in [5.74, 6) is 2.43. The standard InChI is InChI=1S/C22H23N3O3/c1-27-18-8-4-6-16(12-18)13-19-14-24-21(28-19)17-7-5-11-25(15-17)22(26)20-9-2-3-10-23-20/h2-4,6,8-10,12,14,17H,5,7,11,13,15H2,1H3/t17-/m0/s1. The molecule has 1 aliphatic heterocycles. The smallest absolute Gasteiger partial charge is 0.272 e. The Kier molecular flexibility index (Phi) is 5.37. The second-order valence-electron chi connectivity index (χ2n) is 7.00. The molecule has 0 N–H and O–H groups in total. The molecule has 0 spiro atoms. The number of benzene rings is 1. The number of pyridine rings is 1. The molecular formula is C22H23N3O3. The number of aromatic nitrogens is 2. The molecular weight excluding hydrogens is 354 g/mol. The van der Waals surface area contributed by atoms with Gasteiger partial charge in [0.15, 0.2) is 5.89 Å². The molecule has 28 heavy (non-hydrogen) atoms. The van der Waals surface area contributed by atoms with Crippen LogP contribution in [0.1, 0.15) is 46.5 Å². The first-order valence-electron chi connectivity index (χ1n) is 9.51. The fraction of sp³-hybridized carbons (Fsp3) is 0.318. The number of carbonyl (C=O) groups excluding carboxylic acids is 1. The predicted molar refractivity (Wildman–Crippen MR) is 104 cm³/mol. The lowest BCUT2D eigenvalue weighted by Gasteiger charge is -2.31. The van der Waals surface area contributed by atoms with Crippen molar-refractivity contribution in [2.45, 2.75) is 25.2 Å². The zero-order valence-electron chi connectivity index (χ0n) is 15.9. The average Bonchev–Trinajstić information content (AvgIpc) is 3.22. The topological polar surface area (TPSA) is 68.5 Å². The van der Waals surface area contributed by atoms with E-state index >= 15 is 0 Å². The van der Waals surface area contributed by atoms with E-state index in [1.54, 1.807) is 25.6 Å². The molecule has 0 unspecified atom stereocenters. The van der Waals surface area contributed by atoms with E-state index in [1.165, 1.54) is 0 Å². The number of rotatable bonds is 5. The fourth-order valence-electron chi connectivity index (χ4n) is 3.59. The van der Waals surface area contributed by atoms with Crippen LogP contribution < -0.4 is 4.74 Å². The number of likely N-dealkylation sites (tertiary alicyclic amines) is 1. The van der Waals surface area contributed by atoms with Gasteiger partial charge >= 0.3 is 0 Å². The van der Waals surface area contributed by atoms with Gasteiger partial charge in [0.1, 0.15) is 17.2 Å². The maximum absolute atomic E-state index is 12.7. The number of hydrogen-bond acceptors (Lipinski definition) is 5. The molecule has 0 saturated carbocycles. The Morgan fingerprint density at radius 2 is 2.18 bits per heavy atom. The highest BCUT2D eigenvalue weighted by molar-refractivity contribution is 5.92. The van der Waals surface area contributed by atoms with Gasteiger partial charge in [0.2, 0.25) is 0 Å². The first-order valence-corrected chi connectivity index (χ1v) is 9.51. The molecule has 6 heteroatoms. The van der Waals surface area contributed by atoms with Crippen molar-refractivity contribution in [2.24, 2.45) is 0 Å². The number of ether oxygens (including phenoxy) is 1. The van der Waals surface area contributed by atoms with Crippen LogP contribution in [0.3, 0.4) is 0 Å². The maximum atomic E-state index is 12.7. The highest BCUT2D eigenvalue weighted by Gasteiger charge is 2.28. The number of hydrogen-bond donors (Lipinski definition) is 0. The summed E-state index contributed by atoms with van der Waals surface area (Å²) in [5.41, 5.74) is 1.59. The van der Waals surface area contributed by atoms with Crippen molar-refractivity contribution < 1.29 is 13.9 Å². The monoisotopic (exact) mass is 377 g/mol. The van der Waals surface area contributed by atoms with Gasteiger partial charge in [0.25, 0.3) is 5.91 Å². The summed E-state index contributed by atoms with van der Waals surface area (Å²) < 4.78 is 11.3. The summed E-state index contributed by atoms with van der Waals surface area (Å²) in [5, 5.41) is 0. The third-order valence-electron chi connectivity index (χ3n) is 5.03. The molecule has 3 aromatic rings. The van der Waals surface area contributed by atoms with Gasteiger partial charge in [-0.25, -0.2) is 4.98 Å². The highest BCUT2D eigenvalue weighted by Crippen LogP contribution is 2.28. The Morgan fingerprint density at radius 1 is 1.25 bits per heavy atom. The molecule has 1 aliphatic rings. The number of oxazole rings is 1. The molecule has 0 radical (unpaired) electrons. The lowest BCUT2D eigenvalue weighted by atomic mass is 9.97. The first-order chi connectivity index (χ1) is 13.7. The van der Waals surface area contributed by atoms with Crippen molar-refractivity contribution in [1.29, 1.82) is 0 Å². The number of carbonyl (C=O) groups is 1. The van der Waals surface area contributed by atoms with Crippen LogP contribution in [0.4, 0.5) is 0 Å². The van der Waals surface area contributed by atoms with Gasteiger partial charge in [-0.1, -0.05) is 18.2 Å². The summed E-state index contributed by atoms with van der Waals surface area (Å²) in [6.45, 7) is 1.35. The van der Waals surface area contributed by atoms with Crippen LogP contribution in [0.5, 0.6) is 5.75 Å². The minimum Gasteiger partial charge on any atom is -0.497 e. The van der Waals surface area contributed by atoms with Gasteiger partial charge in [-0.2, -0.15) is 0 Å². The Bertz CT molecular complexity index is 939. The molecule has 1 saturated heterocycles. The minimum absolute atomic E-state index is 0.0338. The molecule has 4 rings (SSSR count). The Balaban J connectivity index is 1.43. The summed E-state index contributed by atoms with van der Waals surface area (Å²) in [6.07, 6.45) is 5.98. The van der Waals surface area contributed by atoms with E-state index in [4.69, 9.17) is 9.15 Å². The van der Waals surface area contributed by atoms with Crippen LogP contribution >= 0.6 is 0 Å². The van der Waals surface area contributed by atoms with Crippen LogP contribution in [0, 0.1) is 0 Å². The minimum atomic E-state index is -0.0338. The van der Waals surface area contributed by atoms with Gasteiger partial charge in [-0.05, 0) is 42.7 Å². The molecule has 0 aliphatic carbocycles. The summed E-state index contributed by atoms with van der Waals surface area (Å²) >= 11 is 0. The van der Waals surface area contributed by atoms with E-state index in [1.807, 2.05) is 41.3 Å². The molecule has 1 atom stereocenters. The summed E-state index contributed by atoms with van der Waals surface area (Å²) in [4.78, 5) is 23.2. The summed E-state index contributed by atoms with van der Waals surface area (Å²) in [7, 11) is 1.66. The fourth-order valence-corrected chi connectivity index (χ4v) is 3.59. The SMILES string of the molecule is COc1cccc(Cc2cnc([C@H]3CCCN(C(=O)c4ccccn4)C3)o2)c1. The van der Waals surface area contributed by atoms with Crippen LogP contribution in [0.2, 0.25) is 0 Å². The Labute approximate surface area is 164 Å². The van der Waals surface area contributed by atoms with Crippen molar-refractivity contribution in [1.82, 2.24) is 14.9 Å². The van der Waals surface area contributed by atoms with Crippen molar-refractivity contribution in [3.8, 4) is 5.75 Å². The normalized spacial score (nSPS) is 16.8. The van der Waals surface area contributed by atoms with E-state index in [-0.39, 0.29) is 11.8 Å². The van der Waals surface area contributed by atoms with Crippen molar-refractivity contribution >= 4 is 5.91 Å². The van der Waals surface area contributed by atoms with Crippen molar-refractivity contribution in [2.75, 3.05) is 20.2 Å². The zero-order valence-corrected chi connectivity index (χ0v) is 15.9. The second kappa shape index (κ2) is 8.25. The maximum Gasteiger partial charge on any atom is 0.272 e. The number of amides is 1. The second-order valence-corrected chi connectivity index (χ2v) is 7.00. The van der Waals surface area contributed by atoms with Crippen LogP contribution in [-0.2, 0) is 6.42 Å². The lowest BCUT2D eigenvalue weighted by molar-refractivity contribution is 0.0692. The molecule has 144 valence electrons. The molecule has 1 aromatic carbocycles. The number of piperidine rings is 1. The van der Waals surface area contributed by atoms with Gasteiger partial charge in [0.05, 0.1) is 19.2 Å². The molecule has 2 aromatic heterocycles. The van der Waals surface area contributed by atoms with Crippen LogP contribution in [0.15, 0.2) is 59.3 Å². The quantitative estimate of drug-likeness (QED) is 0.678. The van der Waals surface area contributed by atoms with E-state index in [0.717, 1.165) is 36.5 Å². The van der Waals surface area contributed by atoms with E-state index in [2.05, 4.69) is 9.97 Å². The molecule has 3 heterocycles. The van der Waals surface area contributed by atoms with Crippen LogP contribution in [-0.4, -0.2) is 41.0 Å². The van der Waals surface area contributed by atoms with E-state index in [0.29, 0.717) is 24.6 Å².